The van der Waals surface area contributed by atoms with Crippen LogP contribution in [0.15, 0.2) is 41.3 Å². The first-order chi connectivity index (χ1) is 9.20. The Morgan fingerprint density at radius 2 is 2.05 bits per heavy atom. The molecule has 5 nitrogen and oxygen atoms in total. The predicted octanol–water partition coefficient (Wildman–Crippen LogP) is 1.86. The molecule has 0 atom stereocenters. The van der Waals surface area contributed by atoms with Gasteiger partial charge >= 0.3 is 5.97 Å². The summed E-state index contributed by atoms with van der Waals surface area (Å²) in [5, 5.41) is 1.22. The number of nitrogens with zero attached hydrogens (tertiary/aromatic N) is 1. The van der Waals surface area contributed by atoms with Crippen molar-refractivity contribution in [3.05, 3.63) is 52.4 Å². The van der Waals surface area contributed by atoms with Gasteiger partial charge in [0.05, 0.1) is 29.1 Å². The Morgan fingerprint density at radius 1 is 1.26 bits per heavy atom. The molecule has 0 saturated heterocycles. The zero-order valence-corrected chi connectivity index (χ0v) is 10.1. The molecule has 94 valence electrons. The lowest BCUT2D eigenvalue weighted by Crippen LogP contribution is -2.09. The second-order valence-electron chi connectivity index (χ2n) is 4.11. The van der Waals surface area contributed by atoms with Crippen LogP contribution in [0, 0.1) is 0 Å². The Bertz CT molecular complexity index is 852. The number of rotatable bonds is 1. The number of hydrogen-bond acceptors (Lipinski definition) is 4. The molecule has 0 aliphatic carbocycles. The highest BCUT2D eigenvalue weighted by molar-refractivity contribution is 6.04. The molecule has 0 spiro atoms. The number of H-pyrrole nitrogens is 1. The van der Waals surface area contributed by atoms with Crippen LogP contribution in [0.2, 0.25) is 0 Å². The molecule has 2 aromatic heterocycles. The van der Waals surface area contributed by atoms with Gasteiger partial charge < -0.3 is 9.72 Å². The van der Waals surface area contributed by atoms with Gasteiger partial charge in [0.2, 0.25) is 0 Å². The summed E-state index contributed by atoms with van der Waals surface area (Å²) in [5.74, 6) is -0.512. The summed E-state index contributed by atoms with van der Waals surface area (Å²) in [5.41, 5.74) is 1.29. The first-order valence-corrected chi connectivity index (χ1v) is 5.70. The topological polar surface area (TPSA) is 72.0 Å². The standard InChI is InChI=1S/C14H10N2O3/c1-19-14(18)8-6-10-12(15-7-8)9-4-2-3-5-11(9)16-13(10)17/h2-7H,1H3,(H,16,17). The van der Waals surface area contributed by atoms with E-state index in [0.717, 1.165) is 10.9 Å². The molecule has 3 aromatic rings. The van der Waals surface area contributed by atoms with Crippen LogP contribution in [0.1, 0.15) is 10.4 Å². The number of fused-ring (bicyclic) bond motifs is 3. The van der Waals surface area contributed by atoms with Crippen molar-refractivity contribution in [2.24, 2.45) is 0 Å². The van der Waals surface area contributed by atoms with Crippen LogP contribution < -0.4 is 5.56 Å². The van der Waals surface area contributed by atoms with Crippen molar-refractivity contribution in [1.82, 2.24) is 9.97 Å². The summed E-state index contributed by atoms with van der Waals surface area (Å²) in [7, 11) is 1.29. The number of aromatic amines is 1. The summed E-state index contributed by atoms with van der Waals surface area (Å²) >= 11 is 0. The highest BCUT2D eigenvalue weighted by Crippen LogP contribution is 2.19. The second-order valence-corrected chi connectivity index (χ2v) is 4.11. The molecule has 19 heavy (non-hydrogen) atoms. The molecule has 0 aliphatic rings. The van der Waals surface area contributed by atoms with Gasteiger partial charge in [-0.2, -0.15) is 0 Å². The van der Waals surface area contributed by atoms with Crippen molar-refractivity contribution in [3.8, 4) is 0 Å². The van der Waals surface area contributed by atoms with E-state index in [9.17, 15) is 9.59 Å². The number of esters is 1. The fraction of sp³-hybridized carbons (Fsp3) is 0.0714. The van der Waals surface area contributed by atoms with Crippen LogP contribution >= 0.6 is 0 Å². The van der Waals surface area contributed by atoms with Gasteiger partial charge in [-0.25, -0.2) is 4.79 Å². The highest BCUT2D eigenvalue weighted by atomic mass is 16.5. The highest BCUT2D eigenvalue weighted by Gasteiger charge is 2.11. The first kappa shape index (κ1) is 11.4. The maximum absolute atomic E-state index is 12.0. The number of para-hydroxylation sites is 1. The molecule has 0 amide bonds. The third-order valence-electron chi connectivity index (χ3n) is 2.98. The van der Waals surface area contributed by atoms with E-state index in [1.807, 2.05) is 24.3 Å². The molecule has 5 heteroatoms. The number of benzene rings is 1. The van der Waals surface area contributed by atoms with E-state index in [0.29, 0.717) is 10.9 Å². The predicted molar refractivity (Wildman–Crippen MR) is 71.2 cm³/mol. The Labute approximate surface area is 107 Å². The third-order valence-corrected chi connectivity index (χ3v) is 2.98. The summed E-state index contributed by atoms with van der Waals surface area (Å²) in [6, 6.07) is 8.90. The molecule has 2 heterocycles. The number of pyridine rings is 2. The zero-order valence-electron chi connectivity index (χ0n) is 10.1. The summed E-state index contributed by atoms with van der Waals surface area (Å²) in [6.07, 6.45) is 1.42. The number of carbonyl (C=O) groups is 1. The fourth-order valence-corrected chi connectivity index (χ4v) is 2.07. The van der Waals surface area contributed by atoms with Crippen LogP contribution in [-0.4, -0.2) is 23.0 Å². The molecule has 0 unspecified atom stereocenters. The lowest BCUT2D eigenvalue weighted by atomic mass is 10.1. The third kappa shape index (κ3) is 1.76. The van der Waals surface area contributed by atoms with Crippen molar-refractivity contribution in [2.75, 3.05) is 7.11 Å². The van der Waals surface area contributed by atoms with E-state index < -0.39 is 5.97 Å². The lowest BCUT2D eigenvalue weighted by Gasteiger charge is -2.04. The van der Waals surface area contributed by atoms with Gasteiger partial charge in [-0.05, 0) is 12.1 Å². The quantitative estimate of drug-likeness (QED) is 0.531. The minimum absolute atomic E-state index is 0.260. The summed E-state index contributed by atoms with van der Waals surface area (Å²) < 4.78 is 4.62. The van der Waals surface area contributed by atoms with Crippen molar-refractivity contribution in [2.45, 2.75) is 0 Å². The van der Waals surface area contributed by atoms with Crippen LogP contribution in [-0.2, 0) is 4.74 Å². The van der Waals surface area contributed by atoms with Gasteiger partial charge in [-0.3, -0.25) is 9.78 Å². The number of methoxy groups -OCH3 is 1. The number of carbonyl (C=O) groups excluding carboxylic acids is 1. The summed E-state index contributed by atoms with van der Waals surface area (Å²) in [4.78, 5) is 30.5. The minimum Gasteiger partial charge on any atom is -0.465 e. The Balaban J connectivity index is 2.42. The van der Waals surface area contributed by atoms with E-state index >= 15 is 0 Å². The average Bonchev–Trinajstić information content (AvgIpc) is 2.46. The molecule has 1 aromatic carbocycles. The molecule has 1 N–H and O–H groups in total. The van der Waals surface area contributed by atoms with E-state index in [1.54, 1.807) is 0 Å². The van der Waals surface area contributed by atoms with Gasteiger partial charge in [-0.15, -0.1) is 0 Å². The van der Waals surface area contributed by atoms with Crippen LogP contribution in [0.5, 0.6) is 0 Å². The van der Waals surface area contributed by atoms with Gasteiger partial charge in [0.25, 0.3) is 5.56 Å². The second kappa shape index (κ2) is 4.20. The Morgan fingerprint density at radius 3 is 2.84 bits per heavy atom. The molecule has 0 fully saturated rings. The van der Waals surface area contributed by atoms with Crippen LogP contribution in [0.25, 0.3) is 21.8 Å². The van der Waals surface area contributed by atoms with Crippen molar-refractivity contribution in [3.63, 3.8) is 0 Å². The largest absolute Gasteiger partial charge is 0.465 e. The number of hydrogen-bond donors (Lipinski definition) is 1. The SMILES string of the molecule is COC(=O)c1cnc2c(c1)c(=O)[nH]c1ccccc12. The molecular formula is C14H10N2O3. The average molecular weight is 254 g/mol. The lowest BCUT2D eigenvalue weighted by molar-refractivity contribution is 0.0600. The fourth-order valence-electron chi connectivity index (χ4n) is 2.07. The van der Waals surface area contributed by atoms with Gasteiger partial charge in [0, 0.05) is 11.6 Å². The maximum atomic E-state index is 12.0. The zero-order chi connectivity index (χ0) is 13.4. The van der Waals surface area contributed by atoms with Crippen LogP contribution in [0.3, 0.4) is 0 Å². The Hall–Kier alpha value is -2.69. The number of aromatic nitrogens is 2. The minimum atomic E-state index is -0.512. The van der Waals surface area contributed by atoms with E-state index in [4.69, 9.17) is 0 Å². The van der Waals surface area contributed by atoms with E-state index in [-0.39, 0.29) is 11.1 Å². The molecule has 0 radical (unpaired) electrons. The van der Waals surface area contributed by atoms with Crippen molar-refractivity contribution in [1.29, 1.82) is 0 Å². The summed E-state index contributed by atoms with van der Waals surface area (Å²) in [6.45, 7) is 0. The molecule has 3 rings (SSSR count). The van der Waals surface area contributed by atoms with Crippen molar-refractivity contribution < 1.29 is 9.53 Å². The van der Waals surface area contributed by atoms with E-state index in [2.05, 4.69) is 14.7 Å². The first-order valence-electron chi connectivity index (χ1n) is 5.70. The maximum Gasteiger partial charge on any atom is 0.339 e. The van der Waals surface area contributed by atoms with E-state index in [1.165, 1.54) is 19.4 Å². The van der Waals surface area contributed by atoms with Gasteiger partial charge in [0.1, 0.15) is 0 Å². The smallest absolute Gasteiger partial charge is 0.339 e. The van der Waals surface area contributed by atoms with Crippen molar-refractivity contribution >= 4 is 27.8 Å². The molecular weight excluding hydrogens is 244 g/mol. The monoisotopic (exact) mass is 254 g/mol. The van der Waals surface area contributed by atoms with Crippen LogP contribution in [0.4, 0.5) is 0 Å². The van der Waals surface area contributed by atoms with Gasteiger partial charge in [0.15, 0.2) is 0 Å². The molecule has 0 saturated carbocycles. The normalized spacial score (nSPS) is 10.8. The molecule has 0 aliphatic heterocycles. The number of nitrogens with one attached hydrogen (secondary N) is 1. The number of ether oxygens (including phenoxy) is 1. The van der Waals surface area contributed by atoms with Gasteiger partial charge in [-0.1, -0.05) is 18.2 Å². The molecule has 0 bridgehead atoms. The Kier molecular flexibility index (Phi) is 2.52.